The molecule has 3 nitrogen and oxygen atoms in total. The monoisotopic (exact) mass is 312 g/mol. The third-order valence-electron chi connectivity index (χ3n) is 4.95. The summed E-state index contributed by atoms with van der Waals surface area (Å²) in [7, 11) is 0. The lowest BCUT2D eigenvalue weighted by atomic mass is 9.88. The molecule has 2 fully saturated rings. The van der Waals surface area contributed by atoms with Crippen molar-refractivity contribution in [1.29, 1.82) is 0 Å². The molecule has 110 valence electrons. The normalized spacial score (nSPS) is 27.9. The van der Waals surface area contributed by atoms with Crippen molar-refractivity contribution in [2.24, 2.45) is 11.8 Å². The van der Waals surface area contributed by atoms with Gasteiger partial charge in [-0.3, -0.25) is 4.79 Å². The van der Waals surface area contributed by atoms with Gasteiger partial charge in [0.2, 0.25) is 0 Å². The van der Waals surface area contributed by atoms with E-state index in [0.29, 0.717) is 5.92 Å². The molecule has 4 rings (SSSR count). The predicted octanol–water partition coefficient (Wildman–Crippen LogP) is 2.34. The van der Waals surface area contributed by atoms with Crippen LogP contribution in [0.4, 0.5) is 0 Å². The zero-order valence-corrected chi connectivity index (χ0v) is 13.2. The van der Waals surface area contributed by atoms with Gasteiger partial charge in [-0.15, -0.1) is 23.7 Å². The zero-order chi connectivity index (χ0) is 12.8. The van der Waals surface area contributed by atoms with Crippen molar-refractivity contribution in [3.05, 3.63) is 21.4 Å². The van der Waals surface area contributed by atoms with E-state index in [-0.39, 0.29) is 18.3 Å². The Morgan fingerprint density at radius 1 is 1.30 bits per heavy atom. The van der Waals surface area contributed by atoms with Crippen molar-refractivity contribution in [2.45, 2.75) is 25.7 Å². The smallest absolute Gasteiger partial charge is 0.263 e. The third-order valence-corrected chi connectivity index (χ3v) is 6.17. The number of hydrogen-bond donors (Lipinski definition) is 1. The molecule has 1 aromatic rings. The van der Waals surface area contributed by atoms with Gasteiger partial charge in [-0.05, 0) is 62.2 Å². The molecule has 0 spiro atoms. The number of nitrogens with zero attached hydrogens (tertiary/aromatic N) is 1. The Labute approximate surface area is 130 Å². The van der Waals surface area contributed by atoms with Gasteiger partial charge in [-0.25, -0.2) is 0 Å². The molecular weight excluding hydrogens is 292 g/mol. The molecule has 1 N–H and O–H groups in total. The molecule has 1 amide bonds. The highest BCUT2D eigenvalue weighted by atomic mass is 35.5. The number of aryl methyl sites for hydroxylation is 2. The van der Waals surface area contributed by atoms with Gasteiger partial charge in [-0.2, -0.15) is 0 Å². The van der Waals surface area contributed by atoms with Gasteiger partial charge >= 0.3 is 0 Å². The molecule has 2 aliphatic heterocycles. The van der Waals surface area contributed by atoms with Gasteiger partial charge < -0.3 is 10.2 Å². The quantitative estimate of drug-likeness (QED) is 0.863. The molecular formula is C15H21ClN2OS. The second-order valence-corrected chi connectivity index (χ2v) is 7.27. The van der Waals surface area contributed by atoms with E-state index in [1.54, 1.807) is 11.3 Å². The maximum Gasteiger partial charge on any atom is 0.263 e. The average Bonchev–Trinajstić information content (AvgIpc) is 3.11. The Morgan fingerprint density at radius 3 is 3.00 bits per heavy atom. The van der Waals surface area contributed by atoms with Crippen LogP contribution in [-0.4, -0.2) is 37.0 Å². The molecule has 0 radical (unpaired) electrons. The van der Waals surface area contributed by atoms with E-state index in [1.807, 2.05) is 0 Å². The fraction of sp³-hybridized carbons (Fsp3) is 0.667. The van der Waals surface area contributed by atoms with Crippen LogP contribution in [0.5, 0.6) is 0 Å². The molecule has 2 atom stereocenters. The maximum absolute atomic E-state index is 12.6. The van der Waals surface area contributed by atoms with Crippen LogP contribution in [0.25, 0.3) is 0 Å². The first-order valence-electron chi connectivity index (χ1n) is 7.43. The van der Waals surface area contributed by atoms with Gasteiger partial charge in [-0.1, -0.05) is 0 Å². The number of amides is 1. The fourth-order valence-electron chi connectivity index (χ4n) is 3.81. The summed E-state index contributed by atoms with van der Waals surface area (Å²) in [6, 6.07) is 2.16. The van der Waals surface area contributed by atoms with E-state index in [0.717, 1.165) is 37.0 Å². The summed E-state index contributed by atoms with van der Waals surface area (Å²) in [6.07, 6.45) is 4.80. The first kappa shape index (κ1) is 14.4. The lowest BCUT2D eigenvalue weighted by Gasteiger charge is -2.34. The van der Waals surface area contributed by atoms with Crippen LogP contribution < -0.4 is 5.32 Å². The molecule has 3 heterocycles. The van der Waals surface area contributed by atoms with E-state index in [9.17, 15) is 4.79 Å². The van der Waals surface area contributed by atoms with Crippen molar-refractivity contribution >= 4 is 29.7 Å². The number of rotatable bonds is 1. The fourth-order valence-corrected chi connectivity index (χ4v) is 5.03. The Morgan fingerprint density at radius 2 is 2.15 bits per heavy atom. The first-order chi connectivity index (χ1) is 9.31. The van der Waals surface area contributed by atoms with Crippen LogP contribution >= 0.6 is 23.7 Å². The van der Waals surface area contributed by atoms with Crippen molar-refractivity contribution in [3.63, 3.8) is 0 Å². The Hall–Kier alpha value is -0.580. The van der Waals surface area contributed by atoms with Crippen LogP contribution in [0.1, 0.15) is 33.0 Å². The maximum atomic E-state index is 12.6. The topological polar surface area (TPSA) is 32.3 Å². The lowest BCUT2D eigenvalue weighted by molar-refractivity contribution is 0.0647. The Kier molecular flexibility index (Phi) is 4.07. The summed E-state index contributed by atoms with van der Waals surface area (Å²) in [6.45, 7) is 4.15. The summed E-state index contributed by atoms with van der Waals surface area (Å²) in [5.74, 6) is 1.77. The Balaban J connectivity index is 0.00000121. The second-order valence-electron chi connectivity index (χ2n) is 6.13. The van der Waals surface area contributed by atoms with Gasteiger partial charge in [0.25, 0.3) is 5.91 Å². The van der Waals surface area contributed by atoms with E-state index < -0.39 is 0 Å². The molecule has 1 aromatic heterocycles. The van der Waals surface area contributed by atoms with Crippen LogP contribution in [0.2, 0.25) is 0 Å². The third kappa shape index (κ3) is 2.38. The van der Waals surface area contributed by atoms with Crippen molar-refractivity contribution in [1.82, 2.24) is 10.2 Å². The molecule has 3 aliphatic rings. The van der Waals surface area contributed by atoms with Gasteiger partial charge in [0, 0.05) is 18.0 Å². The molecule has 20 heavy (non-hydrogen) atoms. The highest BCUT2D eigenvalue weighted by molar-refractivity contribution is 7.14. The largest absolute Gasteiger partial charge is 0.338 e. The van der Waals surface area contributed by atoms with Crippen LogP contribution in [0.15, 0.2) is 6.07 Å². The van der Waals surface area contributed by atoms with Crippen molar-refractivity contribution in [2.75, 3.05) is 26.2 Å². The number of likely N-dealkylation sites (tertiary alicyclic amines) is 1. The summed E-state index contributed by atoms with van der Waals surface area (Å²) in [4.78, 5) is 17.1. The summed E-state index contributed by atoms with van der Waals surface area (Å²) in [5, 5.41) is 3.46. The molecule has 5 heteroatoms. The molecule has 0 aromatic carbocycles. The van der Waals surface area contributed by atoms with Crippen LogP contribution in [-0.2, 0) is 12.8 Å². The Bertz CT molecular complexity index is 494. The van der Waals surface area contributed by atoms with Crippen LogP contribution in [0.3, 0.4) is 0 Å². The number of piperidine rings is 1. The zero-order valence-electron chi connectivity index (χ0n) is 11.6. The number of halogens is 1. The number of nitrogens with one attached hydrogen (secondary N) is 1. The van der Waals surface area contributed by atoms with Gasteiger partial charge in [0.15, 0.2) is 0 Å². The van der Waals surface area contributed by atoms with Gasteiger partial charge in [0.1, 0.15) is 0 Å². The average molecular weight is 313 g/mol. The highest BCUT2D eigenvalue weighted by Crippen LogP contribution is 2.33. The predicted molar refractivity (Wildman–Crippen MR) is 84.0 cm³/mol. The molecule has 1 aliphatic carbocycles. The first-order valence-corrected chi connectivity index (χ1v) is 8.24. The standard InChI is InChI=1S/C15H20N2OS.ClH/c18-15(14-6-10-2-1-3-13(10)19-14)17-5-4-11-7-16-8-12(11)9-17;/h6,11-12,16H,1-5,7-9H2;1H. The van der Waals surface area contributed by atoms with E-state index in [1.165, 1.54) is 36.1 Å². The molecule has 2 saturated heterocycles. The summed E-state index contributed by atoms with van der Waals surface area (Å²) >= 11 is 1.74. The summed E-state index contributed by atoms with van der Waals surface area (Å²) < 4.78 is 0. The van der Waals surface area contributed by atoms with E-state index in [2.05, 4.69) is 16.3 Å². The second kappa shape index (κ2) is 5.66. The molecule has 0 saturated carbocycles. The minimum atomic E-state index is 0. The number of hydrogen-bond acceptors (Lipinski definition) is 3. The molecule has 0 bridgehead atoms. The summed E-state index contributed by atoms with van der Waals surface area (Å²) in [5.41, 5.74) is 1.44. The number of thiophene rings is 1. The molecule has 2 unspecified atom stereocenters. The lowest BCUT2D eigenvalue weighted by Crippen LogP contribution is -2.43. The van der Waals surface area contributed by atoms with E-state index >= 15 is 0 Å². The number of fused-ring (bicyclic) bond motifs is 2. The van der Waals surface area contributed by atoms with Gasteiger partial charge in [0.05, 0.1) is 4.88 Å². The van der Waals surface area contributed by atoms with E-state index in [4.69, 9.17) is 0 Å². The van der Waals surface area contributed by atoms with Crippen molar-refractivity contribution in [3.8, 4) is 0 Å². The number of carbonyl (C=O) groups is 1. The van der Waals surface area contributed by atoms with Crippen molar-refractivity contribution < 1.29 is 4.79 Å². The van der Waals surface area contributed by atoms with Crippen LogP contribution in [0, 0.1) is 11.8 Å². The number of carbonyl (C=O) groups excluding carboxylic acids is 1. The minimum Gasteiger partial charge on any atom is -0.338 e. The minimum absolute atomic E-state index is 0. The SMILES string of the molecule is Cl.O=C(c1cc2c(s1)CCC2)N1CCC2CNCC2C1. The highest BCUT2D eigenvalue weighted by Gasteiger charge is 2.35.